The highest BCUT2D eigenvalue weighted by atomic mass is 79.9. The van der Waals surface area contributed by atoms with Crippen molar-refractivity contribution in [1.82, 2.24) is 10.3 Å². The van der Waals surface area contributed by atoms with Crippen LogP contribution in [0.3, 0.4) is 0 Å². The van der Waals surface area contributed by atoms with E-state index in [1.807, 2.05) is 11.4 Å². The van der Waals surface area contributed by atoms with Gasteiger partial charge in [-0.05, 0) is 40.0 Å². The van der Waals surface area contributed by atoms with Gasteiger partial charge in [-0.25, -0.2) is 13.4 Å². The Balaban J connectivity index is 1.57. The summed E-state index contributed by atoms with van der Waals surface area (Å²) in [5.74, 6) is -0.261. The number of sulfone groups is 1. The van der Waals surface area contributed by atoms with Gasteiger partial charge in [-0.1, -0.05) is 18.2 Å². The smallest absolute Gasteiger partial charge is 0.271 e. The van der Waals surface area contributed by atoms with Crippen molar-refractivity contribution in [1.29, 1.82) is 0 Å². The molecule has 1 atom stereocenters. The fraction of sp³-hybridized carbons (Fsp3) is 0.176. The summed E-state index contributed by atoms with van der Waals surface area (Å²) < 4.78 is 25.4. The molecule has 2 aromatic heterocycles. The second kappa shape index (κ2) is 6.88. The Morgan fingerprint density at radius 1 is 1.23 bits per heavy atom. The lowest BCUT2D eigenvalue weighted by atomic mass is 10.0. The average molecular weight is 469 g/mol. The summed E-state index contributed by atoms with van der Waals surface area (Å²) in [4.78, 5) is 18.3. The first-order valence-corrected chi connectivity index (χ1v) is 12.0. The predicted octanol–water partition coefficient (Wildman–Crippen LogP) is 4.28. The summed E-state index contributed by atoms with van der Waals surface area (Å²) in [6.45, 7) is 0. The number of carbonyl (C=O) groups is 1. The van der Waals surface area contributed by atoms with Crippen molar-refractivity contribution in [2.45, 2.75) is 17.4 Å². The normalized spacial score (nSPS) is 18.3. The molecule has 1 aliphatic heterocycles. The zero-order valence-electron chi connectivity index (χ0n) is 13.3. The molecule has 134 valence electrons. The van der Waals surface area contributed by atoms with E-state index in [9.17, 15) is 13.2 Å². The number of thiophene rings is 1. The molecule has 3 aromatic rings. The van der Waals surface area contributed by atoms with Gasteiger partial charge in [0.25, 0.3) is 5.91 Å². The number of hydrogen-bond donors (Lipinski definition) is 1. The maximum Gasteiger partial charge on any atom is 0.271 e. The lowest BCUT2D eigenvalue weighted by Crippen LogP contribution is -2.34. The second-order valence-electron chi connectivity index (χ2n) is 5.84. The molecular weight excluding hydrogens is 456 g/mol. The van der Waals surface area contributed by atoms with Crippen LogP contribution in [0.25, 0.3) is 9.88 Å². The summed E-state index contributed by atoms with van der Waals surface area (Å²) in [5, 5.41) is 7.42. The summed E-state index contributed by atoms with van der Waals surface area (Å²) >= 11 is 6.38. The second-order valence-corrected chi connectivity index (χ2v) is 10.6. The number of nitrogens with one attached hydrogen (secondary N) is 1. The molecule has 5 nitrogen and oxygen atoms in total. The maximum atomic E-state index is 12.6. The number of fused-ring (bicyclic) bond motifs is 1. The van der Waals surface area contributed by atoms with Crippen LogP contribution in [0, 0.1) is 0 Å². The first-order chi connectivity index (χ1) is 12.4. The highest BCUT2D eigenvalue weighted by molar-refractivity contribution is 9.10. The Bertz CT molecular complexity index is 1090. The first kappa shape index (κ1) is 17.8. The maximum absolute atomic E-state index is 12.6. The van der Waals surface area contributed by atoms with Gasteiger partial charge in [0.1, 0.15) is 10.7 Å². The molecule has 1 amide bonds. The fourth-order valence-corrected chi connectivity index (χ4v) is 6.82. The Hall–Kier alpha value is -1.55. The van der Waals surface area contributed by atoms with Gasteiger partial charge < -0.3 is 5.32 Å². The third-order valence-electron chi connectivity index (χ3n) is 4.13. The van der Waals surface area contributed by atoms with Crippen molar-refractivity contribution in [3.05, 3.63) is 56.8 Å². The van der Waals surface area contributed by atoms with E-state index in [0.717, 1.165) is 14.4 Å². The van der Waals surface area contributed by atoms with Crippen LogP contribution in [0.5, 0.6) is 0 Å². The minimum Gasteiger partial charge on any atom is -0.344 e. The van der Waals surface area contributed by atoms with Crippen molar-refractivity contribution in [2.24, 2.45) is 0 Å². The van der Waals surface area contributed by atoms with E-state index >= 15 is 0 Å². The van der Waals surface area contributed by atoms with Crippen LogP contribution < -0.4 is 5.32 Å². The molecule has 1 unspecified atom stereocenters. The molecule has 0 spiro atoms. The van der Waals surface area contributed by atoms with Gasteiger partial charge >= 0.3 is 0 Å². The standard InChI is InChI=1S/C17H13BrN2O3S3/c18-10-7-14(24-8-10)17-20-13(9-25-17)16(21)19-12-5-6-26(22,23)15-4-2-1-3-11(12)15/h1-4,7-9,12H,5-6H2,(H,19,21). The minimum atomic E-state index is -3.27. The van der Waals surface area contributed by atoms with Crippen LogP contribution in [-0.4, -0.2) is 25.1 Å². The van der Waals surface area contributed by atoms with E-state index < -0.39 is 9.84 Å². The van der Waals surface area contributed by atoms with E-state index in [2.05, 4.69) is 26.2 Å². The number of nitrogens with zero attached hydrogens (tertiary/aromatic N) is 1. The molecule has 0 saturated heterocycles. The van der Waals surface area contributed by atoms with Crippen molar-refractivity contribution in [3.63, 3.8) is 0 Å². The third-order valence-corrected chi connectivity index (χ3v) is 8.64. The Labute approximate surface area is 167 Å². The zero-order valence-corrected chi connectivity index (χ0v) is 17.3. The molecule has 9 heteroatoms. The van der Waals surface area contributed by atoms with Crippen LogP contribution in [-0.2, 0) is 9.84 Å². The van der Waals surface area contributed by atoms with Crippen molar-refractivity contribution < 1.29 is 13.2 Å². The van der Waals surface area contributed by atoms with Gasteiger partial charge in [0.15, 0.2) is 9.84 Å². The quantitative estimate of drug-likeness (QED) is 0.621. The molecular formula is C17H13BrN2O3S3. The highest BCUT2D eigenvalue weighted by Gasteiger charge is 2.31. The third kappa shape index (κ3) is 3.36. The fourth-order valence-electron chi connectivity index (χ4n) is 2.89. The van der Waals surface area contributed by atoms with Crippen LogP contribution in [0.2, 0.25) is 0 Å². The molecule has 4 rings (SSSR count). The van der Waals surface area contributed by atoms with Crippen molar-refractivity contribution >= 4 is 54.3 Å². The molecule has 0 aliphatic carbocycles. The van der Waals surface area contributed by atoms with E-state index in [0.29, 0.717) is 22.6 Å². The molecule has 0 saturated carbocycles. The molecule has 0 radical (unpaired) electrons. The van der Waals surface area contributed by atoms with Crippen LogP contribution >= 0.6 is 38.6 Å². The van der Waals surface area contributed by atoms with E-state index in [4.69, 9.17) is 0 Å². The molecule has 0 bridgehead atoms. The molecule has 1 aliphatic rings. The number of rotatable bonds is 3. The number of amides is 1. The van der Waals surface area contributed by atoms with Gasteiger partial charge in [0.2, 0.25) is 0 Å². The molecule has 1 N–H and O–H groups in total. The Kier molecular flexibility index (Phi) is 4.72. The van der Waals surface area contributed by atoms with E-state index in [1.54, 1.807) is 41.0 Å². The lowest BCUT2D eigenvalue weighted by molar-refractivity contribution is 0.0930. The largest absolute Gasteiger partial charge is 0.344 e. The highest BCUT2D eigenvalue weighted by Crippen LogP contribution is 2.34. The molecule has 26 heavy (non-hydrogen) atoms. The first-order valence-electron chi connectivity index (χ1n) is 7.76. The van der Waals surface area contributed by atoms with Gasteiger partial charge in [-0.3, -0.25) is 4.79 Å². The summed E-state index contributed by atoms with van der Waals surface area (Å²) in [7, 11) is -3.27. The predicted molar refractivity (Wildman–Crippen MR) is 106 cm³/mol. The van der Waals surface area contributed by atoms with Crippen LogP contribution in [0.4, 0.5) is 0 Å². The monoisotopic (exact) mass is 468 g/mol. The van der Waals surface area contributed by atoms with Gasteiger partial charge in [-0.2, -0.15) is 0 Å². The van der Waals surface area contributed by atoms with Crippen molar-refractivity contribution in [3.8, 4) is 9.88 Å². The number of carbonyl (C=O) groups excluding carboxylic acids is 1. The number of aromatic nitrogens is 1. The van der Waals surface area contributed by atoms with Crippen LogP contribution in [0.1, 0.15) is 28.5 Å². The lowest BCUT2D eigenvalue weighted by Gasteiger charge is -2.25. The van der Waals surface area contributed by atoms with E-state index in [-0.39, 0.29) is 17.7 Å². The molecule has 3 heterocycles. The minimum absolute atomic E-state index is 0.0283. The van der Waals surface area contributed by atoms with Crippen molar-refractivity contribution in [2.75, 3.05) is 5.75 Å². The van der Waals surface area contributed by atoms with Crippen LogP contribution in [0.15, 0.2) is 50.5 Å². The number of hydrogen-bond acceptors (Lipinski definition) is 6. The summed E-state index contributed by atoms with van der Waals surface area (Å²) in [6.07, 6.45) is 0.361. The molecule has 0 fully saturated rings. The average Bonchev–Trinajstić information content (AvgIpc) is 3.26. The zero-order chi connectivity index (χ0) is 18.3. The summed E-state index contributed by atoms with van der Waals surface area (Å²) in [5.41, 5.74) is 0.991. The van der Waals surface area contributed by atoms with Gasteiger partial charge in [0, 0.05) is 15.2 Å². The topological polar surface area (TPSA) is 76.1 Å². The number of halogens is 1. The number of thiazole rings is 1. The Morgan fingerprint density at radius 2 is 2.04 bits per heavy atom. The SMILES string of the molecule is O=C(NC1CCS(=O)(=O)c2ccccc21)c1csc(-c2cc(Br)cs2)n1. The number of benzene rings is 1. The van der Waals surface area contributed by atoms with Gasteiger partial charge in [-0.15, -0.1) is 22.7 Å². The van der Waals surface area contributed by atoms with Gasteiger partial charge in [0.05, 0.1) is 21.6 Å². The van der Waals surface area contributed by atoms with E-state index in [1.165, 1.54) is 11.3 Å². The Morgan fingerprint density at radius 3 is 2.81 bits per heavy atom. The summed E-state index contributed by atoms with van der Waals surface area (Å²) in [6, 6.07) is 8.47. The molecule has 1 aromatic carbocycles.